The molecule has 0 radical (unpaired) electrons. The zero-order chi connectivity index (χ0) is 18.1. The second-order valence-corrected chi connectivity index (χ2v) is 8.34. The third-order valence-electron chi connectivity index (χ3n) is 4.61. The molecule has 26 heavy (non-hydrogen) atoms. The fraction of sp³-hybridized carbons (Fsp3) is 0.333. The summed E-state index contributed by atoms with van der Waals surface area (Å²) in [6.07, 6.45) is 7.26. The average Bonchev–Trinajstić information content (AvgIpc) is 3.28. The quantitative estimate of drug-likeness (QED) is 0.553. The van der Waals surface area contributed by atoms with E-state index in [0.29, 0.717) is 5.39 Å². The highest BCUT2D eigenvalue weighted by Crippen LogP contribution is 2.33. The molecule has 0 aliphatic heterocycles. The van der Waals surface area contributed by atoms with Gasteiger partial charge in [0.1, 0.15) is 10.9 Å². The minimum atomic E-state index is -0.681. The standard InChI is InChI=1S/C18H18N4O2S2/c1-11(16(23)21-20-9-12-5-4-8-25-12)22-10-19-17-15(18(22)24)13-6-2-3-7-14(13)26-17/h4-5,8-11H,2-3,6-7H2,1H3,(H,21,23)/b20-9-/t11-/m0/s1. The molecule has 0 spiro atoms. The van der Waals surface area contributed by atoms with Crippen molar-refractivity contribution in [2.45, 2.75) is 38.6 Å². The fourth-order valence-corrected chi connectivity index (χ4v) is 4.98. The molecular formula is C18H18N4O2S2. The SMILES string of the molecule is C[C@@H](C(=O)N/N=C\c1cccs1)n1cnc2sc3c(c2c1=O)CCCC3. The molecule has 0 fully saturated rings. The molecule has 0 saturated heterocycles. The number of thiophene rings is 2. The Bertz CT molecular complexity index is 1030. The first-order valence-electron chi connectivity index (χ1n) is 8.53. The summed E-state index contributed by atoms with van der Waals surface area (Å²) in [5, 5.41) is 6.59. The third-order valence-corrected chi connectivity index (χ3v) is 6.61. The molecule has 3 aromatic heterocycles. The number of carbonyl (C=O) groups excluding carboxylic acids is 1. The smallest absolute Gasteiger partial charge is 0.263 e. The summed E-state index contributed by atoms with van der Waals surface area (Å²) in [6.45, 7) is 1.68. The summed E-state index contributed by atoms with van der Waals surface area (Å²) < 4.78 is 1.40. The average molecular weight is 387 g/mol. The summed E-state index contributed by atoms with van der Waals surface area (Å²) >= 11 is 3.14. The van der Waals surface area contributed by atoms with Crippen molar-refractivity contribution in [3.05, 3.63) is 49.5 Å². The van der Waals surface area contributed by atoms with Crippen molar-refractivity contribution in [1.82, 2.24) is 15.0 Å². The van der Waals surface area contributed by atoms with E-state index >= 15 is 0 Å². The number of hydrazone groups is 1. The number of amides is 1. The second kappa shape index (κ2) is 7.13. The monoisotopic (exact) mass is 386 g/mol. The van der Waals surface area contributed by atoms with Crippen LogP contribution < -0.4 is 11.0 Å². The molecule has 0 aromatic carbocycles. The predicted octanol–water partition coefficient (Wildman–Crippen LogP) is 3.11. The first kappa shape index (κ1) is 17.1. The molecule has 1 atom stereocenters. The Morgan fingerprint density at radius 2 is 2.27 bits per heavy atom. The topological polar surface area (TPSA) is 76.3 Å². The zero-order valence-electron chi connectivity index (χ0n) is 14.3. The Balaban J connectivity index is 1.60. The maximum absolute atomic E-state index is 13.0. The Morgan fingerprint density at radius 3 is 3.08 bits per heavy atom. The van der Waals surface area contributed by atoms with Crippen LogP contribution in [0.1, 0.15) is 41.1 Å². The zero-order valence-corrected chi connectivity index (χ0v) is 15.9. The van der Waals surface area contributed by atoms with Crippen molar-refractivity contribution in [3.8, 4) is 0 Å². The number of fused-ring (bicyclic) bond motifs is 3. The number of nitrogens with one attached hydrogen (secondary N) is 1. The van der Waals surface area contributed by atoms with Gasteiger partial charge in [-0.3, -0.25) is 14.2 Å². The Labute approximate surface area is 158 Å². The van der Waals surface area contributed by atoms with Crippen LogP contribution in [0.4, 0.5) is 0 Å². The van der Waals surface area contributed by atoms with E-state index in [9.17, 15) is 9.59 Å². The van der Waals surface area contributed by atoms with E-state index in [1.54, 1.807) is 24.5 Å². The van der Waals surface area contributed by atoms with Crippen molar-refractivity contribution in [2.75, 3.05) is 0 Å². The second-order valence-electron chi connectivity index (χ2n) is 6.27. The highest BCUT2D eigenvalue weighted by molar-refractivity contribution is 7.18. The molecule has 1 aliphatic rings. The van der Waals surface area contributed by atoms with Crippen molar-refractivity contribution in [1.29, 1.82) is 0 Å². The molecule has 4 rings (SSSR count). The van der Waals surface area contributed by atoms with E-state index in [0.717, 1.165) is 41.0 Å². The maximum Gasteiger partial charge on any atom is 0.263 e. The normalized spacial score (nSPS) is 15.3. The van der Waals surface area contributed by atoms with Crippen LogP contribution in [-0.4, -0.2) is 21.7 Å². The lowest BCUT2D eigenvalue weighted by molar-refractivity contribution is -0.123. The largest absolute Gasteiger partial charge is 0.286 e. The molecule has 6 nitrogen and oxygen atoms in total. The predicted molar refractivity (Wildman–Crippen MR) is 105 cm³/mol. The van der Waals surface area contributed by atoms with Gasteiger partial charge in [-0.05, 0) is 49.6 Å². The van der Waals surface area contributed by atoms with Gasteiger partial charge in [-0.25, -0.2) is 10.4 Å². The molecule has 0 unspecified atom stereocenters. The third kappa shape index (κ3) is 3.10. The molecule has 1 N–H and O–H groups in total. The summed E-state index contributed by atoms with van der Waals surface area (Å²) in [5.41, 5.74) is 3.49. The molecule has 3 heterocycles. The van der Waals surface area contributed by atoms with Crippen LogP contribution in [0.25, 0.3) is 10.2 Å². The molecule has 0 saturated carbocycles. The van der Waals surface area contributed by atoms with Crippen LogP contribution in [0.15, 0.2) is 33.7 Å². The molecule has 0 bridgehead atoms. The lowest BCUT2D eigenvalue weighted by Gasteiger charge is -2.14. The van der Waals surface area contributed by atoms with Gasteiger partial charge >= 0.3 is 0 Å². The highest BCUT2D eigenvalue weighted by Gasteiger charge is 2.23. The van der Waals surface area contributed by atoms with E-state index in [-0.39, 0.29) is 11.5 Å². The van der Waals surface area contributed by atoms with Crippen LogP contribution in [0.3, 0.4) is 0 Å². The van der Waals surface area contributed by atoms with Crippen molar-refractivity contribution >= 4 is 45.0 Å². The van der Waals surface area contributed by atoms with Gasteiger partial charge in [-0.15, -0.1) is 22.7 Å². The molecule has 1 aliphatic carbocycles. The first-order chi connectivity index (χ1) is 12.6. The molecule has 1 amide bonds. The van der Waals surface area contributed by atoms with Gasteiger partial charge < -0.3 is 0 Å². The van der Waals surface area contributed by atoms with Gasteiger partial charge in [0, 0.05) is 9.75 Å². The van der Waals surface area contributed by atoms with Gasteiger partial charge in [0.2, 0.25) is 0 Å². The number of hydrogen-bond acceptors (Lipinski definition) is 6. The number of carbonyl (C=O) groups is 1. The van der Waals surface area contributed by atoms with Crippen LogP contribution in [0, 0.1) is 0 Å². The highest BCUT2D eigenvalue weighted by atomic mass is 32.1. The Kier molecular flexibility index (Phi) is 4.69. The van der Waals surface area contributed by atoms with Crippen molar-refractivity contribution in [3.63, 3.8) is 0 Å². The molecule has 8 heteroatoms. The Hall–Kier alpha value is -2.32. The maximum atomic E-state index is 13.0. The number of rotatable bonds is 4. The van der Waals surface area contributed by atoms with Gasteiger partial charge in [0.15, 0.2) is 0 Å². The summed E-state index contributed by atoms with van der Waals surface area (Å²) in [4.78, 5) is 32.8. The van der Waals surface area contributed by atoms with Crippen molar-refractivity contribution < 1.29 is 4.79 Å². The van der Waals surface area contributed by atoms with Gasteiger partial charge in [-0.1, -0.05) is 6.07 Å². The summed E-state index contributed by atoms with van der Waals surface area (Å²) in [7, 11) is 0. The number of aryl methyl sites for hydroxylation is 2. The minimum absolute atomic E-state index is 0.140. The van der Waals surface area contributed by atoms with Crippen molar-refractivity contribution in [2.24, 2.45) is 5.10 Å². The van der Waals surface area contributed by atoms with Gasteiger partial charge in [0.05, 0.1) is 17.9 Å². The Morgan fingerprint density at radius 1 is 1.42 bits per heavy atom. The van der Waals surface area contributed by atoms with E-state index in [1.807, 2.05) is 17.5 Å². The van der Waals surface area contributed by atoms with Crippen LogP contribution >= 0.6 is 22.7 Å². The number of nitrogens with zero attached hydrogens (tertiary/aromatic N) is 3. The van der Waals surface area contributed by atoms with E-state index in [1.165, 1.54) is 27.1 Å². The summed E-state index contributed by atoms with van der Waals surface area (Å²) in [5.74, 6) is -0.342. The first-order valence-corrected chi connectivity index (χ1v) is 10.2. The lowest BCUT2D eigenvalue weighted by atomic mass is 9.97. The molecule has 3 aromatic rings. The number of aromatic nitrogens is 2. The van der Waals surface area contributed by atoms with E-state index in [2.05, 4.69) is 15.5 Å². The van der Waals surface area contributed by atoms with E-state index in [4.69, 9.17) is 0 Å². The van der Waals surface area contributed by atoms with Gasteiger partial charge in [0.25, 0.3) is 11.5 Å². The molecular weight excluding hydrogens is 368 g/mol. The van der Waals surface area contributed by atoms with Gasteiger partial charge in [-0.2, -0.15) is 5.10 Å². The lowest BCUT2D eigenvalue weighted by Crippen LogP contribution is -2.34. The number of hydrogen-bond donors (Lipinski definition) is 1. The fourth-order valence-electron chi connectivity index (χ4n) is 3.18. The van der Waals surface area contributed by atoms with Crippen LogP contribution in [0.2, 0.25) is 0 Å². The summed E-state index contributed by atoms with van der Waals surface area (Å²) in [6, 6.07) is 3.14. The van der Waals surface area contributed by atoms with Crippen LogP contribution in [0.5, 0.6) is 0 Å². The van der Waals surface area contributed by atoms with E-state index < -0.39 is 6.04 Å². The molecule has 134 valence electrons. The van der Waals surface area contributed by atoms with Crippen LogP contribution in [-0.2, 0) is 17.6 Å². The minimum Gasteiger partial charge on any atom is -0.286 e.